The number of benzene rings is 1. The minimum absolute atomic E-state index is 0.468. The molecule has 4 amide bonds. The molecule has 6 heteroatoms. The van der Waals surface area contributed by atoms with Crippen molar-refractivity contribution in [1.29, 1.82) is 0 Å². The van der Waals surface area contributed by atoms with Gasteiger partial charge in [0.15, 0.2) is 0 Å². The van der Waals surface area contributed by atoms with Crippen LogP contribution in [0.25, 0.3) is 0 Å². The summed E-state index contributed by atoms with van der Waals surface area (Å²) in [5.41, 5.74) is -0.779. The molecule has 1 fully saturated rings. The molecule has 1 heterocycles. The van der Waals surface area contributed by atoms with Crippen LogP contribution in [0.2, 0.25) is 0 Å². The first-order chi connectivity index (χ1) is 8.87. The molecule has 0 unspecified atom stereocenters. The lowest BCUT2D eigenvalue weighted by Gasteiger charge is -2.34. The zero-order chi connectivity index (χ0) is 14.2. The van der Waals surface area contributed by atoms with Crippen molar-refractivity contribution in [2.24, 2.45) is 5.41 Å². The number of thioether (sulfide) groups is 1. The molecule has 5 nitrogen and oxygen atoms in total. The van der Waals surface area contributed by atoms with Crippen LogP contribution >= 0.6 is 11.8 Å². The number of imide groups is 2. The molecule has 1 aliphatic heterocycles. The summed E-state index contributed by atoms with van der Waals surface area (Å²) in [5, 5.41) is 2.21. The Hall–Kier alpha value is -1.82. The maximum absolute atomic E-state index is 12.3. The van der Waals surface area contributed by atoms with E-state index in [0.29, 0.717) is 5.69 Å². The molecular formula is C13H14N2O3S. The van der Waals surface area contributed by atoms with Gasteiger partial charge in [-0.2, -0.15) is 0 Å². The maximum atomic E-state index is 12.3. The summed E-state index contributed by atoms with van der Waals surface area (Å²) in [4.78, 5) is 37.8. The van der Waals surface area contributed by atoms with E-state index in [0.717, 1.165) is 9.80 Å². The highest BCUT2D eigenvalue weighted by atomic mass is 32.2. The third-order valence-corrected chi connectivity index (χ3v) is 3.77. The number of urea groups is 1. The Labute approximate surface area is 115 Å². The van der Waals surface area contributed by atoms with E-state index in [9.17, 15) is 14.4 Å². The topological polar surface area (TPSA) is 66.5 Å². The molecule has 0 atom stereocenters. The standard InChI is InChI=1S/C13H14N2O3S/c1-13(2)10(16)14-12(18)15(11(13)17)8-5-4-6-9(7-8)19-3/h4-7H,1-3H3,(H,14,16,18). The van der Waals surface area contributed by atoms with E-state index in [1.807, 2.05) is 12.3 Å². The predicted octanol–water partition coefficient (Wildman–Crippen LogP) is 2.02. The smallest absolute Gasteiger partial charge is 0.276 e. The zero-order valence-corrected chi connectivity index (χ0v) is 11.7. The van der Waals surface area contributed by atoms with E-state index in [2.05, 4.69) is 5.32 Å². The van der Waals surface area contributed by atoms with Gasteiger partial charge in [0.1, 0.15) is 5.41 Å². The minimum Gasteiger partial charge on any atom is -0.276 e. The molecule has 1 aromatic rings. The highest BCUT2D eigenvalue weighted by Gasteiger charge is 2.47. The predicted molar refractivity (Wildman–Crippen MR) is 73.0 cm³/mol. The van der Waals surface area contributed by atoms with Crippen molar-refractivity contribution in [2.45, 2.75) is 18.7 Å². The van der Waals surface area contributed by atoms with Crippen molar-refractivity contribution < 1.29 is 14.4 Å². The lowest BCUT2D eigenvalue weighted by molar-refractivity contribution is -0.140. The van der Waals surface area contributed by atoms with Crippen molar-refractivity contribution in [3.05, 3.63) is 24.3 Å². The quantitative estimate of drug-likeness (QED) is 0.664. The number of hydrogen-bond donors (Lipinski definition) is 1. The SMILES string of the molecule is CSc1cccc(N2C(=O)NC(=O)C(C)(C)C2=O)c1. The molecular weight excluding hydrogens is 264 g/mol. The summed E-state index contributed by atoms with van der Waals surface area (Å²) in [5.74, 6) is -1.08. The lowest BCUT2D eigenvalue weighted by Crippen LogP contribution is -2.62. The van der Waals surface area contributed by atoms with Gasteiger partial charge in [-0.1, -0.05) is 6.07 Å². The number of anilines is 1. The molecule has 1 aliphatic rings. The molecule has 1 aromatic carbocycles. The van der Waals surface area contributed by atoms with Gasteiger partial charge in [-0.05, 0) is 38.3 Å². The molecule has 0 spiro atoms. The average Bonchev–Trinajstić information content (AvgIpc) is 2.37. The second kappa shape index (κ2) is 4.70. The number of amides is 4. The van der Waals surface area contributed by atoms with Crippen LogP contribution in [0.5, 0.6) is 0 Å². The first kappa shape index (κ1) is 13.6. The lowest BCUT2D eigenvalue weighted by atomic mass is 9.88. The van der Waals surface area contributed by atoms with Gasteiger partial charge in [0.2, 0.25) is 11.8 Å². The Bertz CT molecular complexity index is 569. The first-order valence-electron chi connectivity index (χ1n) is 5.72. The van der Waals surface area contributed by atoms with Crippen LogP contribution in [0.15, 0.2) is 29.2 Å². The molecule has 100 valence electrons. The number of hydrogen-bond acceptors (Lipinski definition) is 4. The molecule has 0 radical (unpaired) electrons. The fourth-order valence-corrected chi connectivity index (χ4v) is 2.22. The summed E-state index contributed by atoms with van der Waals surface area (Å²) >= 11 is 1.51. The molecule has 0 aliphatic carbocycles. The van der Waals surface area contributed by atoms with Gasteiger partial charge in [-0.15, -0.1) is 11.8 Å². The van der Waals surface area contributed by atoms with Gasteiger partial charge in [0.25, 0.3) is 0 Å². The Morgan fingerprint density at radius 3 is 2.53 bits per heavy atom. The van der Waals surface area contributed by atoms with Crippen LogP contribution in [0.4, 0.5) is 10.5 Å². The van der Waals surface area contributed by atoms with Crippen LogP contribution in [0, 0.1) is 5.41 Å². The summed E-state index contributed by atoms with van der Waals surface area (Å²) < 4.78 is 0. The Balaban J connectivity index is 2.45. The second-order valence-corrected chi connectivity index (χ2v) is 5.61. The van der Waals surface area contributed by atoms with Gasteiger partial charge in [-0.25, -0.2) is 9.69 Å². The summed E-state index contributed by atoms with van der Waals surface area (Å²) in [7, 11) is 0. The van der Waals surface area contributed by atoms with Crippen LogP contribution in [0.1, 0.15) is 13.8 Å². The zero-order valence-electron chi connectivity index (χ0n) is 10.9. The van der Waals surface area contributed by atoms with E-state index >= 15 is 0 Å². The van der Waals surface area contributed by atoms with Gasteiger partial charge in [0, 0.05) is 4.90 Å². The number of carbonyl (C=O) groups excluding carboxylic acids is 3. The van der Waals surface area contributed by atoms with E-state index < -0.39 is 23.3 Å². The van der Waals surface area contributed by atoms with Crippen molar-refractivity contribution in [3.8, 4) is 0 Å². The van der Waals surface area contributed by atoms with Crippen LogP contribution in [-0.4, -0.2) is 24.1 Å². The van der Waals surface area contributed by atoms with Crippen LogP contribution in [0.3, 0.4) is 0 Å². The molecule has 2 rings (SSSR count). The summed E-state index contributed by atoms with van der Waals surface area (Å²) in [6.45, 7) is 3.01. The fourth-order valence-electron chi connectivity index (χ4n) is 1.76. The minimum atomic E-state index is -1.25. The number of nitrogens with one attached hydrogen (secondary N) is 1. The molecule has 0 saturated carbocycles. The second-order valence-electron chi connectivity index (χ2n) is 4.73. The summed E-state index contributed by atoms with van der Waals surface area (Å²) in [6, 6.07) is 6.37. The molecule has 1 N–H and O–H groups in total. The number of carbonyl (C=O) groups is 3. The van der Waals surface area contributed by atoms with Gasteiger partial charge < -0.3 is 0 Å². The highest BCUT2D eigenvalue weighted by molar-refractivity contribution is 7.98. The van der Waals surface area contributed by atoms with Crippen molar-refractivity contribution in [3.63, 3.8) is 0 Å². The normalized spacial score (nSPS) is 18.5. The number of rotatable bonds is 2. The van der Waals surface area contributed by atoms with E-state index in [1.165, 1.54) is 25.6 Å². The van der Waals surface area contributed by atoms with E-state index in [4.69, 9.17) is 0 Å². The van der Waals surface area contributed by atoms with Gasteiger partial charge in [-0.3, -0.25) is 14.9 Å². The Kier molecular flexibility index (Phi) is 3.36. The molecule has 1 saturated heterocycles. The molecule has 0 aromatic heterocycles. The Morgan fingerprint density at radius 1 is 1.21 bits per heavy atom. The fraction of sp³-hybridized carbons (Fsp3) is 0.308. The largest absolute Gasteiger partial charge is 0.335 e. The monoisotopic (exact) mass is 278 g/mol. The van der Waals surface area contributed by atoms with Gasteiger partial charge >= 0.3 is 6.03 Å². The third-order valence-electron chi connectivity index (χ3n) is 3.04. The summed E-state index contributed by atoms with van der Waals surface area (Å²) in [6.07, 6.45) is 1.91. The van der Waals surface area contributed by atoms with E-state index in [-0.39, 0.29) is 0 Å². The van der Waals surface area contributed by atoms with Crippen molar-refractivity contribution >= 4 is 35.3 Å². The average molecular weight is 278 g/mol. The van der Waals surface area contributed by atoms with Gasteiger partial charge in [0.05, 0.1) is 5.69 Å². The Morgan fingerprint density at radius 2 is 1.89 bits per heavy atom. The molecule has 19 heavy (non-hydrogen) atoms. The maximum Gasteiger partial charge on any atom is 0.335 e. The van der Waals surface area contributed by atoms with Crippen molar-refractivity contribution in [2.75, 3.05) is 11.2 Å². The number of barbiturate groups is 1. The molecule has 0 bridgehead atoms. The van der Waals surface area contributed by atoms with Crippen LogP contribution < -0.4 is 10.2 Å². The highest BCUT2D eigenvalue weighted by Crippen LogP contribution is 2.29. The number of nitrogens with zero attached hydrogens (tertiary/aromatic N) is 1. The van der Waals surface area contributed by atoms with E-state index in [1.54, 1.807) is 18.2 Å². The first-order valence-corrected chi connectivity index (χ1v) is 6.94. The third kappa shape index (κ3) is 2.23. The van der Waals surface area contributed by atoms with Crippen LogP contribution in [-0.2, 0) is 9.59 Å². The van der Waals surface area contributed by atoms with Crippen molar-refractivity contribution in [1.82, 2.24) is 5.32 Å².